The van der Waals surface area contributed by atoms with Gasteiger partial charge in [0.2, 0.25) is 5.75 Å². The minimum absolute atomic E-state index is 0.108. The van der Waals surface area contributed by atoms with Crippen molar-refractivity contribution >= 4 is 38.7 Å². The number of para-hydroxylation sites is 1. The number of halogens is 1. The molecule has 0 atom stereocenters. The van der Waals surface area contributed by atoms with Gasteiger partial charge in [0, 0.05) is 17.2 Å². The van der Waals surface area contributed by atoms with Crippen LogP contribution in [-0.4, -0.2) is 27.9 Å². The number of benzene rings is 3. The molecule has 0 aliphatic rings. The van der Waals surface area contributed by atoms with Crippen molar-refractivity contribution in [3.8, 4) is 17.1 Å². The van der Waals surface area contributed by atoms with Crippen molar-refractivity contribution in [3.05, 3.63) is 97.2 Å². The molecule has 1 aromatic heterocycles. The number of nitro benzene ring substituents is 1. The first-order chi connectivity index (χ1) is 15.0. The van der Waals surface area contributed by atoms with Crippen molar-refractivity contribution in [2.75, 3.05) is 7.11 Å². The second kappa shape index (κ2) is 8.49. The molecule has 4 aromatic rings. The lowest BCUT2D eigenvalue weighted by Crippen LogP contribution is -2.20. The Balaban J connectivity index is 1.91. The minimum atomic E-state index is -0.542. The lowest BCUT2D eigenvalue weighted by molar-refractivity contribution is -0.385. The van der Waals surface area contributed by atoms with Gasteiger partial charge in [-0.25, -0.2) is 4.98 Å². The second-order valence-electron chi connectivity index (χ2n) is 6.49. The summed E-state index contributed by atoms with van der Waals surface area (Å²) >= 11 is 3.28. The average molecular weight is 479 g/mol. The molecular weight excluding hydrogens is 464 g/mol. The van der Waals surface area contributed by atoms with Crippen molar-refractivity contribution in [3.63, 3.8) is 0 Å². The fourth-order valence-electron chi connectivity index (χ4n) is 3.14. The van der Waals surface area contributed by atoms with Crippen LogP contribution in [-0.2, 0) is 0 Å². The highest BCUT2D eigenvalue weighted by Crippen LogP contribution is 2.35. The molecule has 0 spiro atoms. The zero-order chi connectivity index (χ0) is 22.0. The molecule has 3 aromatic carbocycles. The molecule has 8 nitrogen and oxygen atoms in total. The quantitative estimate of drug-likeness (QED) is 0.236. The predicted molar refractivity (Wildman–Crippen MR) is 122 cm³/mol. The third-order valence-corrected chi connectivity index (χ3v) is 5.14. The first kappa shape index (κ1) is 20.4. The number of hydrogen-bond donors (Lipinski definition) is 0. The van der Waals surface area contributed by atoms with Gasteiger partial charge in [0.15, 0.2) is 5.82 Å². The van der Waals surface area contributed by atoms with Crippen molar-refractivity contribution < 1.29 is 9.66 Å². The predicted octanol–water partition coefficient (Wildman–Crippen LogP) is 4.63. The van der Waals surface area contributed by atoms with Gasteiger partial charge in [0.1, 0.15) is 0 Å². The van der Waals surface area contributed by atoms with E-state index in [1.165, 1.54) is 24.1 Å². The van der Waals surface area contributed by atoms with Crippen molar-refractivity contribution in [1.82, 2.24) is 9.66 Å². The Morgan fingerprint density at radius 1 is 1.13 bits per heavy atom. The number of nitro groups is 1. The SMILES string of the molecule is COc1c(Br)cc(C=Nn2c(-c3ccccc3)nc3ccccc3c2=O)cc1[N+](=O)[O-]. The molecule has 154 valence electrons. The normalized spacial score (nSPS) is 11.2. The van der Waals surface area contributed by atoms with E-state index in [0.29, 0.717) is 32.3 Å². The highest BCUT2D eigenvalue weighted by molar-refractivity contribution is 9.10. The summed E-state index contributed by atoms with van der Waals surface area (Å²) in [5.41, 5.74) is 1.12. The molecule has 0 saturated carbocycles. The molecule has 0 aliphatic carbocycles. The number of rotatable bonds is 5. The third-order valence-electron chi connectivity index (χ3n) is 4.56. The topological polar surface area (TPSA) is 99.6 Å². The number of hydrogen-bond acceptors (Lipinski definition) is 6. The summed E-state index contributed by atoms with van der Waals surface area (Å²) in [5, 5.41) is 16.1. The van der Waals surface area contributed by atoms with Gasteiger partial charge >= 0.3 is 5.69 Å². The monoisotopic (exact) mass is 478 g/mol. The van der Waals surface area contributed by atoms with Gasteiger partial charge in [0.25, 0.3) is 5.56 Å². The number of fused-ring (bicyclic) bond motifs is 1. The van der Waals surface area contributed by atoms with Crippen LogP contribution in [0.15, 0.2) is 81.1 Å². The summed E-state index contributed by atoms with van der Waals surface area (Å²) in [6.45, 7) is 0. The van der Waals surface area contributed by atoms with E-state index >= 15 is 0 Å². The van der Waals surface area contributed by atoms with Crippen LogP contribution >= 0.6 is 15.9 Å². The van der Waals surface area contributed by atoms with Crippen LogP contribution in [0.5, 0.6) is 5.75 Å². The van der Waals surface area contributed by atoms with Crippen molar-refractivity contribution in [2.24, 2.45) is 5.10 Å². The molecule has 0 amide bonds. The molecular formula is C22H15BrN4O4. The smallest absolute Gasteiger partial charge is 0.312 e. The van der Waals surface area contributed by atoms with Crippen LogP contribution in [0.2, 0.25) is 0 Å². The van der Waals surface area contributed by atoms with Gasteiger partial charge in [-0.2, -0.15) is 9.78 Å². The summed E-state index contributed by atoms with van der Waals surface area (Å²) in [7, 11) is 1.35. The van der Waals surface area contributed by atoms with Crippen molar-refractivity contribution in [2.45, 2.75) is 0 Å². The molecule has 4 rings (SSSR count). The van der Waals surface area contributed by atoms with Crippen LogP contribution in [0.25, 0.3) is 22.3 Å². The maximum absolute atomic E-state index is 13.2. The van der Waals surface area contributed by atoms with E-state index in [9.17, 15) is 14.9 Å². The summed E-state index contributed by atoms with van der Waals surface area (Å²) in [4.78, 5) is 28.6. The van der Waals surface area contributed by atoms with Gasteiger partial charge in [0.05, 0.1) is 33.6 Å². The van der Waals surface area contributed by atoms with Crippen LogP contribution in [0.1, 0.15) is 5.56 Å². The number of methoxy groups -OCH3 is 1. The van der Waals surface area contributed by atoms with E-state index in [4.69, 9.17) is 4.74 Å². The van der Waals surface area contributed by atoms with E-state index in [1.807, 2.05) is 36.4 Å². The first-order valence-corrected chi connectivity index (χ1v) is 9.92. The summed E-state index contributed by atoms with van der Waals surface area (Å²) in [6.07, 6.45) is 1.38. The summed E-state index contributed by atoms with van der Waals surface area (Å²) < 4.78 is 6.70. The molecule has 0 bridgehead atoms. The largest absolute Gasteiger partial charge is 0.489 e. The fraction of sp³-hybridized carbons (Fsp3) is 0.0455. The van der Waals surface area contributed by atoms with Gasteiger partial charge in [-0.15, -0.1) is 0 Å². The van der Waals surface area contributed by atoms with E-state index in [0.717, 1.165) is 0 Å². The Hall–Kier alpha value is -3.85. The lowest BCUT2D eigenvalue weighted by Gasteiger charge is -2.09. The van der Waals surface area contributed by atoms with Crippen LogP contribution in [0.3, 0.4) is 0 Å². The van der Waals surface area contributed by atoms with Gasteiger partial charge in [-0.3, -0.25) is 14.9 Å². The molecule has 0 unspecified atom stereocenters. The highest BCUT2D eigenvalue weighted by Gasteiger charge is 2.19. The Morgan fingerprint density at radius 2 is 1.84 bits per heavy atom. The fourth-order valence-corrected chi connectivity index (χ4v) is 3.77. The average Bonchev–Trinajstić information content (AvgIpc) is 2.78. The van der Waals surface area contributed by atoms with Gasteiger partial charge in [-0.1, -0.05) is 42.5 Å². The molecule has 31 heavy (non-hydrogen) atoms. The zero-order valence-electron chi connectivity index (χ0n) is 16.2. The Bertz CT molecular complexity index is 1380. The molecule has 0 aliphatic heterocycles. The summed E-state index contributed by atoms with van der Waals surface area (Å²) in [5.74, 6) is 0.472. The number of aromatic nitrogens is 2. The van der Waals surface area contributed by atoms with Gasteiger partial charge in [-0.05, 0) is 34.1 Å². The van der Waals surface area contributed by atoms with Crippen LogP contribution in [0.4, 0.5) is 5.69 Å². The Morgan fingerprint density at radius 3 is 2.55 bits per heavy atom. The third kappa shape index (κ3) is 3.95. The highest BCUT2D eigenvalue weighted by atomic mass is 79.9. The number of ether oxygens (including phenoxy) is 1. The molecule has 0 radical (unpaired) electrons. The van der Waals surface area contributed by atoms with E-state index in [2.05, 4.69) is 26.0 Å². The van der Waals surface area contributed by atoms with Gasteiger partial charge < -0.3 is 4.74 Å². The molecule has 0 fully saturated rings. The lowest BCUT2D eigenvalue weighted by atomic mass is 10.2. The molecule has 0 N–H and O–H groups in total. The molecule has 9 heteroatoms. The second-order valence-corrected chi connectivity index (χ2v) is 7.35. The zero-order valence-corrected chi connectivity index (χ0v) is 17.8. The molecule has 0 saturated heterocycles. The number of nitrogens with zero attached hydrogens (tertiary/aromatic N) is 4. The van der Waals surface area contributed by atoms with E-state index in [-0.39, 0.29) is 17.0 Å². The van der Waals surface area contributed by atoms with Crippen LogP contribution in [0, 0.1) is 10.1 Å². The minimum Gasteiger partial charge on any atom is -0.489 e. The maximum atomic E-state index is 13.2. The standard InChI is InChI=1S/C22H15BrN4O4/c1-31-20-17(23)11-14(12-19(20)27(29)30)13-24-26-21(15-7-3-2-4-8-15)25-18-10-6-5-9-16(18)22(26)28/h2-13H,1H3. The summed E-state index contributed by atoms with van der Waals surface area (Å²) in [6, 6.07) is 19.2. The Labute approximate surface area is 184 Å². The maximum Gasteiger partial charge on any atom is 0.312 e. The first-order valence-electron chi connectivity index (χ1n) is 9.13. The van der Waals surface area contributed by atoms with E-state index < -0.39 is 4.92 Å². The van der Waals surface area contributed by atoms with E-state index in [1.54, 1.807) is 24.3 Å². The van der Waals surface area contributed by atoms with Crippen LogP contribution < -0.4 is 10.3 Å². The Kier molecular flexibility index (Phi) is 5.59. The van der Waals surface area contributed by atoms with Crippen molar-refractivity contribution in [1.29, 1.82) is 0 Å². The molecule has 1 heterocycles.